The first-order chi connectivity index (χ1) is 26.8. The molecule has 0 fully saturated rings. The van der Waals surface area contributed by atoms with Gasteiger partial charge in [-0.2, -0.15) is 0 Å². The standard InChI is InChI=1S/C52H40N2/c1-2-16-39(17-3-1)48(54-32-42-28-24-37-14-6-10-20-46(37)51(42)52-43(33-54)29-25-38-15-7-11-21-47(38)52)34-53-30-40-26-22-35-12-4-8-18-44(35)49(40)50-41(31-53)27-23-36-13-5-9-19-45(36)50/h1-29,48H,30-34H2/t48-/m0/s1. The van der Waals surface area contributed by atoms with Gasteiger partial charge in [-0.15, -0.1) is 0 Å². The van der Waals surface area contributed by atoms with E-state index in [4.69, 9.17) is 0 Å². The van der Waals surface area contributed by atoms with Gasteiger partial charge in [-0.25, -0.2) is 0 Å². The molecule has 0 radical (unpaired) electrons. The van der Waals surface area contributed by atoms with Crippen LogP contribution in [0.1, 0.15) is 33.9 Å². The van der Waals surface area contributed by atoms with Gasteiger partial charge in [-0.1, -0.05) is 176 Å². The van der Waals surface area contributed by atoms with E-state index in [-0.39, 0.29) is 6.04 Å². The maximum Gasteiger partial charge on any atom is 0.0482 e. The molecule has 9 aromatic rings. The van der Waals surface area contributed by atoms with Crippen molar-refractivity contribution >= 4 is 43.1 Å². The molecule has 0 saturated heterocycles. The molecule has 0 saturated carbocycles. The van der Waals surface area contributed by atoms with Gasteiger partial charge in [0, 0.05) is 38.8 Å². The SMILES string of the molecule is c1ccc([C@H](CN2Cc3ccc4ccccc4c3-c3c(ccc4ccccc34)C2)N2Cc3ccc4ccccc4c3-c3c(ccc4ccccc34)C2)cc1. The van der Waals surface area contributed by atoms with Crippen LogP contribution < -0.4 is 0 Å². The topological polar surface area (TPSA) is 6.48 Å². The van der Waals surface area contributed by atoms with E-state index in [1.165, 1.54) is 93.2 Å². The molecular weight excluding hydrogens is 653 g/mol. The largest absolute Gasteiger partial charge is 0.293 e. The summed E-state index contributed by atoms with van der Waals surface area (Å²) in [4.78, 5) is 5.48. The fraction of sp³-hybridized carbons (Fsp3) is 0.115. The predicted molar refractivity (Wildman–Crippen MR) is 226 cm³/mol. The van der Waals surface area contributed by atoms with Crippen molar-refractivity contribution in [3.05, 3.63) is 204 Å². The van der Waals surface area contributed by atoms with Crippen LogP contribution in [0.2, 0.25) is 0 Å². The highest BCUT2D eigenvalue weighted by Gasteiger charge is 2.31. The highest BCUT2D eigenvalue weighted by Crippen LogP contribution is 2.45. The molecule has 2 aliphatic rings. The molecule has 11 rings (SSSR count). The van der Waals surface area contributed by atoms with E-state index in [2.05, 4.69) is 186 Å². The Labute approximate surface area is 316 Å². The number of rotatable bonds is 4. The Hall–Kier alpha value is -6.06. The fourth-order valence-electron chi connectivity index (χ4n) is 9.71. The number of hydrogen-bond acceptors (Lipinski definition) is 2. The van der Waals surface area contributed by atoms with Crippen LogP contribution in [-0.4, -0.2) is 16.3 Å². The molecule has 0 amide bonds. The zero-order valence-electron chi connectivity index (χ0n) is 30.3. The molecular formula is C52H40N2. The average Bonchev–Trinajstić information content (AvgIpc) is 3.51. The Morgan fingerprint density at radius 3 is 1.06 bits per heavy atom. The van der Waals surface area contributed by atoms with Crippen LogP contribution in [0, 0.1) is 0 Å². The van der Waals surface area contributed by atoms with Crippen molar-refractivity contribution < 1.29 is 0 Å². The third-order valence-electron chi connectivity index (χ3n) is 12.2. The van der Waals surface area contributed by atoms with Crippen molar-refractivity contribution in [1.82, 2.24) is 9.80 Å². The van der Waals surface area contributed by atoms with Gasteiger partial charge in [0.25, 0.3) is 0 Å². The lowest BCUT2D eigenvalue weighted by atomic mass is 9.88. The van der Waals surface area contributed by atoms with Crippen LogP contribution in [0.3, 0.4) is 0 Å². The molecule has 0 aromatic heterocycles. The first-order valence-electron chi connectivity index (χ1n) is 19.3. The minimum atomic E-state index is 0.175. The second kappa shape index (κ2) is 12.8. The summed E-state index contributed by atoms with van der Waals surface area (Å²) in [5.41, 5.74) is 12.6. The molecule has 2 heterocycles. The van der Waals surface area contributed by atoms with Gasteiger partial charge in [0.05, 0.1) is 0 Å². The number of hydrogen-bond donors (Lipinski definition) is 0. The molecule has 2 heteroatoms. The van der Waals surface area contributed by atoms with Gasteiger partial charge in [0.2, 0.25) is 0 Å². The quantitative estimate of drug-likeness (QED) is 0.181. The molecule has 0 aliphatic carbocycles. The normalized spacial score (nSPS) is 15.0. The second-order valence-electron chi connectivity index (χ2n) is 15.3. The Balaban J connectivity index is 1.07. The number of fused-ring (bicyclic) bond motifs is 14. The van der Waals surface area contributed by atoms with Crippen LogP contribution >= 0.6 is 0 Å². The third kappa shape index (κ3) is 5.17. The summed E-state index contributed by atoms with van der Waals surface area (Å²) in [5.74, 6) is 0. The van der Waals surface area contributed by atoms with E-state index in [9.17, 15) is 0 Å². The second-order valence-corrected chi connectivity index (χ2v) is 15.3. The summed E-state index contributed by atoms with van der Waals surface area (Å²) < 4.78 is 0. The van der Waals surface area contributed by atoms with E-state index in [0.717, 1.165) is 32.7 Å². The summed E-state index contributed by atoms with van der Waals surface area (Å²) >= 11 is 0. The minimum Gasteiger partial charge on any atom is -0.293 e. The molecule has 1 atom stereocenters. The van der Waals surface area contributed by atoms with Crippen LogP contribution in [-0.2, 0) is 26.2 Å². The number of benzene rings is 9. The summed E-state index contributed by atoms with van der Waals surface area (Å²) in [7, 11) is 0. The molecule has 2 aliphatic heterocycles. The molecule has 54 heavy (non-hydrogen) atoms. The van der Waals surface area contributed by atoms with Crippen molar-refractivity contribution in [2.75, 3.05) is 6.54 Å². The molecule has 0 N–H and O–H groups in total. The van der Waals surface area contributed by atoms with Crippen LogP contribution in [0.4, 0.5) is 0 Å². The summed E-state index contributed by atoms with van der Waals surface area (Å²) in [6, 6.07) is 66.1. The fourth-order valence-corrected chi connectivity index (χ4v) is 9.71. The predicted octanol–water partition coefficient (Wildman–Crippen LogP) is 12.7. The van der Waals surface area contributed by atoms with Crippen molar-refractivity contribution in [1.29, 1.82) is 0 Å². The molecule has 0 spiro atoms. The first-order valence-corrected chi connectivity index (χ1v) is 19.3. The maximum atomic E-state index is 2.76. The van der Waals surface area contributed by atoms with Crippen molar-refractivity contribution in [3.8, 4) is 22.3 Å². The van der Waals surface area contributed by atoms with Crippen LogP contribution in [0.25, 0.3) is 65.3 Å². The van der Waals surface area contributed by atoms with E-state index < -0.39 is 0 Å². The minimum absolute atomic E-state index is 0.175. The van der Waals surface area contributed by atoms with E-state index in [0.29, 0.717) is 0 Å². The monoisotopic (exact) mass is 692 g/mol. The van der Waals surface area contributed by atoms with E-state index in [1.807, 2.05) is 0 Å². The van der Waals surface area contributed by atoms with Gasteiger partial charge in [0.1, 0.15) is 0 Å². The smallest absolute Gasteiger partial charge is 0.0482 e. The maximum absolute atomic E-state index is 2.76. The van der Waals surface area contributed by atoms with Crippen molar-refractivity contribution in [3.63, 3.8) is 0 Å². The lowest BCUT2D eigenvalue weighted by molar-refractivity contribution is 0.118. The Morgan fingerprint density at radius 1 is 0.333 bits per heavy atom. The number of nitrogens with zero attached hydrogens (tertiary/aromatic N) is 2. The Kier molecular flexibility index (Phi) is 7.46. The van der Waals surface area contributed by atoms with Crippen LogP contribution in [0.5, 0.6) is 0 Å². The average molecular weight is 693 g/mol. The highest BCUT2D eigenvalue weighted by atomic mass is 15.2. The van der Waals surface area contributed by atoms with Gasteiger partial charge >= 0.3 is 0 Å². The lowest BCUT2D eigenvalue weighted by Gasteiger charge is -2.35. The molecule has 0 unspecified atom stereocenters. The molecule has 258 valence electrons. The first kappa shape index (κ1) is 31.5. The molecule has 0 bridgehead atoms. The zero-order valence-corrected chi connectivity index (χ0v) is 30.3. The van der Waals surface area contributed by atoms with Gasteiger partial charge in [0.15, 0.2) is 0 Å². The van der Waals surface area contributed by atoms with Crippen LogP contribution in [0.15, 0.2) is 176 Å². The van der Waals surface area contributed by atoms with Gasteiger partial charge in [-0.3, -0.25) is 9.80 Å². The molecule has 2 nitrogen and oxygen atoms in total. The van der Waals surface area contributed by atoms with E-state index in [1.54, 1.807) is 0 Å². The third-order valence-corrected chi connectivity index (χ3v) is 12.2. The van der Waals surface area contributed by atoms with Crippen molar-refractivity contribution in [2.24, 2.45) is 0 Å². The molecule has 9 aromatic carbocycles. The summed E-state index contributed by atoms with van der Waals surface area (Å²) in [5, 5.41) is 10.6. The summed E-state index contributed by atoms with van der Waals surface area (Å²) in [6.07, 6.45) is 0. The summed E-state index contributed by atoms with van der Waals surface area (Å²) in [6.45, 7) is 4.44. The Bertz CT molecular complexity index is 2720. The van der Waals surface area contributed by atoms with E-state index >= 15 is 0 Å². The highest BCUT2D eigenvalue weighted by molar-refractivity contribution is 6.09. The lowest BCUT2D eigenvalue weighted by Crippen LogP contribution is -2.37. The van der Waals surface area contributed by atoms with Gasteiger partial charge < -0.3 is 0 Å². The Morgan fingerprint density at radius 2 is 0.667 bits per heavy atom. The van der Waals surface area contributed by atoms with Gasteiger partial charge in [-0.05, 0) is 93.2 Å². The van der Waals surface area contributed by atoms with Crippen molar-refractivity contribution in [2.45, 2.75) is 32.2 Å². The zero-order chi connectivity index (χ0) is 35.6.